The van der Waals surface area contributed by atoms with Crippen molar-refractivity contribution in [3.05, 3.63) is 77.4 Å². The third kappa shape index (κ3) is 3.44. The minimum atomic E-state index is -0.530. The Morgan fingerprint density at radius 2 is 1.81 bits per heavy atom. The highest BCUT2D eigenvalue weighted by Gasteiger charge is 2.22. The molecule has 0 saturated carbocycles. The molecule has 27 heavy (non-hydrogen) atoms. The van der Waals surface area contributed by atoms with Gasteiger partial charge in [-0.25, -0.2) is 18.4 Å². The molecule has 1 aromatic heterocycles. The van der Waals surface area contributed by atoms with Crippen LogP contribution in [0.25, 0.3) is 27.1 Å². The van der Waals surface area contributed by atoms with Crippen LogP contribution in [0.2, 0.25) is 0 Å². The molecule has 4 nitrogen and oxygen atoms in total. The Morgan fingerprint density at radius 3 is 2.44 bits per heavy atom. The highest BCUT2D eigenvalue weighted by molar-refractivity contribution is 6.00. The second kappa shape index (κ2) is 7.42. The van der Waals surface area contributed by atoms with E-state index in [0.29, 0.717) is 22.4 Å². The molecule has 3 rings (SSSR count). The molecule has 6 heteroatoms. The average Bonchev–Trinajstić information content (AvgIpc) is 3.00. The van der Waals surface area contributed by atoms with Gasteiger partial charge in [-0.1, -0.05) is 24.3 Å². The normalized spacial score (nSPS) is 10.5. The summed E-state index contributed by atoms with van der Waals surface area (Å²) in [6, 6.07) is 9.86. The van der Waals surface area contributed by atoms with Crippen LogP contribution in [0.1, 0.15) is 17.4 Å². The first-order valence-electron chi connectivity index (χ1n) is 8.26. The maximum atomic E-state index is 14.0. The Hall–Kier alpha value is -3.46. The summed E-state index contributed by atoms with van der Waals surface area (Å²) in [5.74, 6) is -1.58. The molecule has 0 aliphatic rings. The SMILES string of the molecule is [C-]#[N+]c1cn(C)c(C(=O)OCC)c1-c1ccc(-c2cc(F)ccc2F)cc1. The van der Waals surface area contributed by atoms with Crippen molar-refractivity contribution in [2.75, 3.05) is 6.61 Å². The van der Waals surface area contributed by atoms with E-state index in [1.807, 2.05) is 0 Å². The fraction of sp³-hybridized carbons (Fsp3) is 0.143. The zero-order chi connectivity index (χ0) is 19.6. The van der Waals surface area contributed by atoms with Gasteiger partial charge in [0.05, 0.1) is 13.2 Å². The van der Waals surface area contributed by atoms with Crippen molar-refractivity contribution in [1.82, 2.24) is 4.57 Å². The standard InChI is InChI=1S/C21H16F2N2O2/c1-4-27-21(26)20-19(18(24-2)12-25(20)3)14-7-5-13(6-8-14)16-11-15(22)9-10-17(16)23/h5-12H,4H2,1,3H3. The van der Waals surface area contributed by atoms with Crippen molar-refractivity contribution in [1.29, 1.82) is 0 Å². The zero-order valence-electron chi connectivity index (χ0n) is 14.8. The fourth-order valence-corrected chi connectivity index (χ4v) is 2.96. The molecule has 0 N–H and O–H groups in total. The minimum absolute atomic E-state index is 0.144. The number of carbonyl (C=O) groups is 1. The van der Waals surface area contributed by atoms with Crippen LogP contribution >= 0.6 is 0 Å². The molecular formula is C21H16F2N2O2. The summed E-state index contributed by atoms with van der Waals surface area (Å²) in [5.41, 5.74) is 2.29. The number of carbonyl (C=O) groups excluding carboxylic acids is 1. The lowest BCUT2D eigenvalue weighted by Gasteiger charge is -2.09. The van der Waals surface area contributed by atoms with Crippen molar-refractivity contribution in [3.63, 3.8) is 0 Å². The number of halogens is 2. The maximum Gasteiger partial charge on any atom is 0.354 e. The Kier molecular flexibility index (Phi) is 5.04. The number of aryl methyl sites for hydroxylation is 1. The lowest BCUT2D eigenvalue weighted by Crippen LogP contribution is -2.10. The van der Waals surface area contributed by atoms with E-state index >= 15 is 0 Å². The predicted molar refractivity (Wildman–Crippen MR) is 98.4 cm³/mol. The van der Waals surface area contributed by atoms with E-state index in [4.69, 9.17) is 11.3 Å². The second-order valence-corrected chi connectivity index (χ2v) is 5.88. The number of nitrogens with zero attached hydrogens (tertiary/aromatic N) is 2. The molecule has 0 unspecified atom stereocenters. The van der Waals surface area contributed by atoms with Crippen molar-refractivity contribution in [2.24, 2.45) is 7.05 Å². The molecular weight excluding hydrogens is 350 g/mol. The van der Waals surface area contributed by atoms with Gasteiger partial charge in [-0.15, -0.1) is 0 Å². The lowest BCUT2D eigenvalue weighted by atomic mass is 9.99. The highest BCUT2D eigenvalue weighted by atomic mass is 19.1. The summed E-state index contributed by atoms with van der Waals surface area (Å²) in [7, 11) is 1.67. The van der Waals surface area contributed by atoms with Crippen LogP contribution in [0.3, 0.4) is 0 Å². The van der Waals surface area contributed by atoms with Gasteiger partial charge in [0.15, 0.2) is 0 Å². The summed E-state index contributed by atoms with van der Waals surface area (Å²) in [6.45, 7) is 9.31. The van der Waals surface area contributed by atoms with E-state index in [0.717, 1.165) is 18.2 Å². The Balaban J connectivity index is 2.09. The van der Waals surface area contributed by atoms with Crippen LogP contribution in [-0.2, 0) is 11.8 Å². The number of hydrogen-bond donors (Lipinski definition) is 0. The number of rotatable bonds is 4. The first-order valence-corrected chi connectivity index (χ1v) is 8.26. The van der Waals surface area contributed by atoms with Crippen LogP contribution in [0.5, 0.6) is 0 Å². The van der Waals surface area contributed by atoms with Gasteiger partial charge >= 0.3 is 5.97 Å². The fourth-order valence-electron chi connectivity index (χ4n) is 2.96. The van der Waals surface area contributed by atoms with Crippen LogP contribution in [0.4, 0.5) is 14.5 Å². The Bertz CT molecular complexity index is 1050. The number of esters is 1. The molecule has 136 valence electrons. The van der Waals surface area contributed by atoms with Crippen LogP contribution < -0.4 is 0 Å². The first kappa shape index (κ1) is 18.3. The van der Waals surface area contributed by atoms with Crippen LogP contribution in [-0.4, -0.2) is 17.1 Å². The molecule has 0 amide bonds. The van der Waals surface area contributed by atoms with Crippen molar-refractivity contribution in [3.8, 4) is 22.3 Å². The second-order valence-electron chi connectivity index (χ2n) is 5.88. The molecule has 0 atom stereocenters. The lowest BCUT2D eigenvalue weighted by molar-refractivity contribution is 0.0516. The van der Waals surface area contributed by atoms with Crippen molar-refractivity contribution < 1.29 is 18.3 Å². The average molecular weight is 366 g/mol. The molecule has 0 fully saturated rings. The molecule has 1 heterocycles. The van der Waals surface area contributed by atoms with E-state index in [1.165, 1.54) is 0 Å². The van der Waals surface area contributed by atoms with Gasteiger partial charge in [0, 0.05) is 24.4 Å². The van der Waals surface area contributed by atoms with E-state index < -0.39 is 17.6 Å². The number of ether oxygens (including phenoxy) is 1. The molecule has 3 aromatic rings. The first-order chi connectivity index (χ1) is 13.0. The van der Waals surface area contributed by atoms with Gasteiger partial charge in [-0.3, -0.25) is 0 Å². The topological polar surface area (TPSA) is 35.6 Å². The highest BCUT2D eigenvalue weighted by Crippen LogP contribution is 2.37. The molecule has 0 spiro atoms. The third-order valence-electron chi connectivity index (χ3n) is 4.16. The smallest absolute Gasteiger partial charge is 0.354 e. The summed E-state index contributed by atoms with van der Waals surface area (Å²) in [6.07, 6.45) is 1.56. The summed E-state index contributed by atoms with van der Waals surface area (Å²) in [4.78, 5) is 15.8. The molecule has 2 aromatic carbocycles. The van der Waals surface area contributed by atoms with E-state index in [2.05, 4.69) is 4.85 Å². The quantitative estimate of drug-likeness (QED) is 0.460. The summed E-state index contributed by atoms with van der Waals surface area (Å²) in [5, 5.41) is 0. The van der Waals surface area contributed by atoms with E-state index in [-0.39, 0.29) is 17.9 Å². The minimum Gasteiger partial charge on any atom is -0.461 e. The molecule has 0 saturated heterocycles. The van der Waals surface area contributed by atoms with Crippen LogP contribution in [0, 0.1) is 18.2 Å². The van der Waals surface area contributed by atoms with Gasteiger partial charge in [-0.2, -0.15) is 0 Å². The third-order valence-corrected chi connectivity index (χ3v) is 4.16. The van der Waals surface area contributed by atoms with Gasteiger partial charge in [0.1, 0.15) is 17.3 Å². The van der Waals surface area contributed by atoms with Gasteiger partial charge < -0.3 is 9.30 Å². The summed E-state index contributed by atoms with van der Waals surface area (Å²) >= 11 is 0. The molecule has 0 aliphatic carbocycles. The van der Waals surface area contributed by atoms with Crippen molar-refractivity contribution in [2.45, 2.75) is 6.92 Å². The van der Waals surface area contributed by atoms with Crippen molar-refractivity contribution >= 4 is 11.7 Å². The molecule has 0 bridgehead atoms. The number of aromatic nitrogens is 1. The zero-order valence-corrected chi connectivity index (χ0v) is 14.8. The van der Waals surface area contributed by atoms with E-state index in [9.17, 15) is 13.6 Å². The Labute approximate surface area is 155 Å². The monoisotopic (exact) mass is 366 g/mol. The Morgan fingerprint density at radius 1 is 1.15 bits per heavy atom. The number of benzene rings is 2. The maximum absolute atomic E-state index is 14.0. The predicted octanol–water partition coefficient (Wildman–Crippen LogP) is 5.36. The number of hydrogen-bond acceptors (Lipinski definition) is 2. The molecule has 0 aliphatic heterocycles. The van der Waals surface area contributed by atoms with Gasteiger partial charge in [0.2, 0.25) is 5.69 Å². The largest absolute Gasteiger partial charge is 0.461 e. The van der Waals surface area contributed by atoms with Gasteiger partial charge in [0.25, 0.3) is 0 Å². The summed E-state index contributed by atoms with van der Waals surface area (Å²) < 4.78 is 34.1. The molecule has 0 radical (unpaired) electrons. The van der Waals surface area contributed by atoms with Gasteiger partial charge in [-0.05, 0) is 36.2 Å². The van der Waals surface area contributed by atoms with E-state index in [1.54, 1.807) is 49.0 Å². The van der Waals surface area contributed by atoms with Crippen LogP contribution in [0.15, 0.2) is 48.7 Å².